The van der Waals surface area contributed by atoms with Crippen LogP contribution in [0.4, 0.5) is 5.69 Å². The first kappa shape index (κ1) is 20.8. The van der Waals surface area contributed by atoms with Gasteiger partial charge in [0.25, 0.3) is 5.91 Å². The van der Waals surface area contributed by atoms with E-state index in [1.165, 1.54) is 0 Å². The lowest BCUT2D eigenvalue weighted by atomic mass is 10.2. The first-order valence-electron chi connectivity index (χ1n) is 9.18. The zero-order chi connectivity index (χ0) is 21.2. The minimum Gasteiger partial charge on any atom is -0.490 e. The van der Waals surface area contributed by atoms with Gasteiger partial charge in [-0.05, 0) is 48.6 Å². The van der Waals surface area contributed by atoms with Crippen molar-refractivity contribution in [2.75, 3.05) is 18.5 Å². The number of carbonyl (C=O) groups is 1. The number of para-hydroxylation sites is 3. The highest BCUT2D eigenvalue weighted by molar-refractivity contribution is 7.80. The van der Waals surface area contributed by atoms with Crippen LogP contribution in [0.2, 0.25) is 0 Å². The molecule has 0 bridgehead atoms. The van der Waals surface area contributed by atoms with Crippen LogP contribution in [-0.4, -0.2) is 24.2 Å². The Morgan fingerprint density at radius 3 is 2.37 bits per heavy atom. The molecule has 3 aromatic rings. The highest BCUT2D eigenvalue weighted by Crippen LogP contribution is 2.18. The molecule has 0 spiro atoms. The number of rotatable bonds is 7. The van der Waals surface area contributed by atoms with Gasteiger partial charge in [0.05, 0.1) is 16.8 Å². The lowest BCUT2D eigenvalue weighted by molar-refractivity contribution is 0.0972. The van der Waals surface area contributed by atoms with Crippen LogP contribution in [0.25, 0.3) is 0 Å². The Labute approximate surface area is 180 Å². The average molecular weight is 417 g/mol. The standard InChI is InChI=1S/C23H19N3O3S/c24-16-17-8-4-6-12-20(17)25-23(30)26-22(27)19-11-5-7-13-21(19)29-15-14-28-18-9-2-1-3-10-18/h1-13H,14-15H2,(H2,25,26,27,30). The molecule has 150 valence electrons. The Hall–Kier alpha value is -3.89. The summed E-state index contributed by atoms with van der Waals surface area (Å²) in [6.07, 6.45) is 0. The second-order valence-corrected chi connectivity index (χ2v) is 6.48. The number of ether oxygens (including phenoxy) is 2. The van der Waals surface area contributed by atoms with Gasteiger partial charge >= 0.3 is 0 Å². The van der Waals surface area contributed by atoms with Gasteiger partial charge in [0.15, 0.2) is 5.11 Å². The maximum Gasteiger partial charge on any atom is 0.261 e. The van der Waals surface area contributed by atoms with E-state index < -0.39 is 5.91 Å². The smallest absolute Gasteiger partial charge is 0.261 e. The molecule has 30 heavy (non-hydrogen) atoms. The number of carbonyl (C=O) groups excluding carboxylic acids is 1. The molecule has 0 saturated heterocycles. The van der Waals surface area contributed by atoms with E-state index in [1.807, 2.05) is 30.3 Å². The summed E-state index contributed by atoms with van der Waals surface area (Å²) in [5.74, 6) is 0.759. The molecule has 0 heterocycles. The minimum absolute atomic E-state index is 0.0879. The van der Waals surface area contributed by atoms with Gasteiger partial charge in [0.1, 0.15) is 30.8 Å². The van der Waals surface area contributed by atoms with Crippen molar-refractivity contribution < 1.29 is 14.3 Å². The van der Waals surface area contributed by atoms with E-state index in [4.69, 9.17) is 27.0 Å². The van der Waals surface area contributed by atoms with E-state index in [0.717, 1.165) is 5.75 Å². The molecule has 1 amide bonds. The first-order chi connectivity index (χ1) is 14.7. The fraction of sp³-hybridized carbons (Fsp3) is 0.0870. The van der Waals surface area contributed by atoms with Crippen LogP contribution in [0.5, 0.6) is 11.5 Å². The average Bonchev–Trinajstić information content (AvgIpc) is 2.78. The Morgan fingerprint density at radius 2 is 1.57 bits per heavy atom. The van der Waals surface area contributed by atoms with E-state index in [9.17, 15) is 4.79 Å². The Bertz CT molecular complexity index is 1060. The zero-order valence-electron chi connectivity index (χ0n) is 16.0. The summed E-state index contributed by atoms with van der Waals surface area (Å²) in [5.41, 5.74) is 1.29. The monoisotopic (exact) mass is 417 g/mol. The maximum absolute atomic E-state index is 12.7. The summed E-state index contributed by atoms with van der Waals surface area (Å²) in [6, 6.07) is 25.3. The van der Waals surface area contributed by atoms with Crippen molar-refractivity contribution in [2.24, 2.45) is 0 Å². The summed E-state index contributed by atoms with van der Waals surface area (Å²) in [5, 5.41) is 14.7. The van der Waals surface area contributed by atoms with Gasteiger partial charge in [-0.25, -0.2) is 0 Å². The van der Waals surface area contributed by atoms with Gasteiger partial charge in [-0.2, -0.15) is 5.26 Å². The Kier molecular flexibility index (Phi) is 7.36. The van der Waals surface area contributed by atoms with Crippen LogP contribution >= 0.6 is 12.2 Å². The highest BCUT2D eigenvalue weighted by atomic mass is 32.1. The second kappa shape index (κ2) is 10.6. The van der Waals surface area contributed by atoms with Gasteiger partial charge in [-0.1, -0.05) is 42.5 Å². The van der Waals surface area contributed by atoms with Crippen molar-refractivity contribution in [3.05, 3.63) is 90.0 Å². The normalized spacial score (nSPS) is 9.83. The Balaban J connectivity index is 1.57. The molecule has 3 aromatic carbocycles. The fourth-order valence-corrected chi connectivity index (χ4v) is 2.82. The summed E-state index contributed by atoms with van der Waals surface area (Å²) < 4.78 is 11.3. The molecule has 0 fully saturated rings. The third-order valence-corrected chi connectivity index (χ3v) is 4.21. The lowest BCUT2D eigenvalue weighted by Gasteiger charge is -2.14. The predicted octanol–water partition coefficient (Wildman–Crippen LogP) is 4.14. The number of thiocarbonyl (C=S) groups is 1. The molecule has 2 N–H and O–H groups in total. The SMILES string of the molecule is N#Cc1ccccc1NC(=S)NC(=O)c1ccccc1OCCOc1ccccc1. The predicted molar refractivity (Wildman–Crippen MR) is 119 cm³/mol. The topological polar surface area (TPSA) is 83.4 Å². The van der Waals surface area contributed by atoms with Crippen LogP contribution in [0, 0.1) is 11.3 Å². The van der Waals surface area contributed by atoms with E-state index in [0.29, 0.717) is 29.2 Å². The molecule has 0 unspecified atom stereocenters. The molecule has 0 aliphatic rings. The van der Waals surface area contributed by atoms with Gasteiger partial charge in [-0.3, -0.25) is 10.1 Å². The first-order valence-corrected chi connectivity index (χ1v) is 9.59. The number of anilines is 1. The van der Waals surface area contributed by atoms with Crippen LogP contribution in [-0.2, 0) is 0 Å². The van der Waals surface area contributed by atoms with E-state index >= 15 is 0 Å². The number of benzene rings is 3. The number of amides is 1. The van der Waals surface area contributed by atoms with Crippen molar-refractivity contribution in [2.45, 2.75) is 0 Å². The lowest BCUT2D eigenvalue weighted by Crippen LogP contribution is -2.34. The summed E-state index contributed by atoms with van der Waals surface area (Å²) in [4.78, 5) is 12.7. The summed E-state index contributed by atoms with van der Waals surface area (Å²) in [7, 11) is 0. The largest absolute Gasteiger partial charge is 0.490 e. The van der Waals surface area contributed by atoms with Crippen molar-refractivity contribution in [3.8, 4) is 17.6 Å². The molecule has 0 aromatic heterocycles. The van der Waals surface area contributed by atoms with E-state index in [1.54, 1.807) is 48.5 Å². The second-order valence-electron chi connectivity index (χ2n) is 6.07. The maximum atomic E-state index is 12.7. The molecule has 0 saturated carbocycles. The molecule has 6 nitrogen and oxygen atoms in total. The van der Waals surface area contributed by atoms with E-state index in [2.05, 4.69) is 16.7 Å². The number of hydrogen-bond donors (Lipinski definition) is 2. The van der Waals surface area contributed by atoms with Crippen LogP contribution in [0.15, 0.2) is 78.9 Å². The third kappa shape index (κ3) is 5.80. The van der Waals surface area contributed by atoms with Crippen LogP contribution in [0.1, 0.15) is 15.9 Å². The highest BCUT2D eigenvalue weighted by Gasteiger charge is 2.14. The molecule has 0 radical (unpaired) electrons. The van der Waals surface area contributed by atoms with Gasteiger partial charge < -0.3 is 14.8 Å². The number of nitrogens with zero attached hydrogens (tertiary/aromatic N) is 1. The van der Waals surface area contributed by atoms with Crippen molar-refractivity contribution in [1.82, 2.24) is 5.32 Å². The van der Waals surface area contributed by atoms with Crippen molar-refractivity contribution >= 4 is 28.9 Å². The summed E-state index contributed by atoms with van der Waals surface area (Å²) >= 11 is 5.21. The van der Waals surface area contributed by atoms with Crippen molar-refractivity contribution in [1.29, 1.82) is 5.26 Å². The molecule has 0 aliphatic heterocycles. The molecule has 3 rings (SSSR count). The van der Waals surface area contributed by atoms with Gasteiger partial charge in [0, 0.05) is 0 Å². The summed E-state index contributed by atoms with van der Waals surface area (Å²) in [6.45, 7) is 0.613. The molecule has 0 atom stereocenters. The number of hydrogen-bond acceptors (Lipinski definition) is 5. The van der Waals surface area contributed by atoms with Crippen molar-refractivity contribution in [3.63, 3.8) is 0 Å². The van der Waals surface area contributed by atoms with Gasteiger partial charge in [0.2, 0.25) is 0 Å². The molecule has 7 heteroatoms. The fourth-order valence-electron chi connectivity index (χ4n) is 2.62. The number of nitriles is 1. The quantitative estimate of drug-likeness (QED) is 0.444. The van der Waals surface area contributed by atoms with E-state index in [-0.39, 0.29) is 11.7 Å². The van der Waals surface area contributed by atoms with Crippen LogP contribution in [0.3, 0.4) is 0 Å². The zero-order valence-corrected chi connectivity index (χ0v) is 16.8. The molecular weight excluding hydrogens is 398 g/mol. The Morgan fingerprint density at radius 1 is 0.900 bits per heavy atom. The molecular formula is C23H19N3O3S. The van der Waals surface area contributed by atoms with Crippen LogP contribution < -0.4 is 20.1 Å². The van der Waals surface area contributed by atoms with Gasteiger partial charge in [-0.15, -0.1) is 0 Å². The number of nitrogens with one attached hydrogen (secondary N) is 2. The third-order valence-electron chi connectivity index (χ3n) is 4.01. The molecule has 0 aliphatic carbocycles. The minimum atomic E-state index is -0.415.